The molecule has 0 aliphatic rings. The van der Waals surface area contributed by atoms with Crippen LogP contribution >= 0.6 is 34.8 Å². The molecule has 1 radical (unpaired) electrons. The van der Waals surface area contributed by atoms with Crippen molar-refractivity contribution in [1.82, 2.24) is 5.32 Å². The second kappa shape index (κ2) is 5.41. The van der Waals surface area contributed by atoms with E-state index in [9.17, 15) is 4.79 Å². The number of rotatable bonds is 2. The Morgan fingerprint density at radius 3 is 2.50 bits per heavy atom. The summed E-state index contributed by atoms with van der Waals surface area (Å²) in [7, 11) is 0. The minimum absolute atomic E-state index is 0.0877. The maximum atomic E-state index is 11.5. The molecule has 14 heavy (non-hydrogen) atoms. The van der Waals surface area contributed by atoms with Crippen molar-refractivity contribution in [1.29, 1.82) is 0 Å². The first kappa shape index (κ1) is 11.6. The molecule has 1 aromatic carbocycles. The predicted molar refractivity (Wildman–Crippen MR) is 69.7 cm³/mol. The highest BCUT2D eigenvalue weighted by molar-refractivity contribution is 14.1. The van der Waals surface area contributed by atoms with Crippen LogP contribution in [-0.2, 0) is 0 Å². The fourth-order valence-corrected chi connectivity index (χ4v) is 1.10. The number of carbonyl (C=O) groups excluding carboxylic acids is 1. The van der Waals surface area contributed by atoms with Gasteiger partial charge in [-0.15, -0.1) is 0 Å². The van der Waals surface area contributed by atoms with Crippen LogP contribution in [0.2, 0.25) is 0 Å². The molecule has 1 N–H and O–H groups in total. The number of nitrogens with one attached hydrogen (secondary N) is 1. The third kappa shape index (κ3) is 3.34. The van der Waals surface area contributed by atoms with Crippen molar-refractivity contribution in [2.45, 2.75) is 3.92 Å². The normalized spacial score (nSPS) is 11.9. The van der Waals surface area contributed by atoms with E-state index < -0.39 is 0 Å². The second-order valence-electron chi connectivity index (χ2n) is 2.65. The fourth-order valence-electron chi connectivity index (χ4n) is 0.852. The first-order valence-electron chi connectivity index (χ1n) is 3.98. The van der Waals surface area contributed by atoms with Gasteiger partial charge in [-0.25, -0.2) is 0 Å². The van der Waals surface area contributed by atoms with Gasteiger partial charge in [0.05, 0.1) is 8.91 Å². The molecule has 1 atom stereocenters. The quantitative estimate of drug-likeness (QED) is 0.515. The van der Waals surface area contributed by atoms with Crippen LogP contribution < -0.4 is 5.32 Å². The minimum atomic E-state index is -0.180. The van der Waals surface area contributed by atoms with Crippen molar-refractivity contribution in [3.05, 3.63) is 42.8 Å². The Morgan fingerprint density at radius 2 is 2.00 bits per heavy atom. The zero-order valence-corrected chi connectivity index (χ0v) is 10.3. The zero-order chi connectivity index (χ0) is 10.6. The molecule has 0 aromatic heterocycles. The van der Waals surface area contributed by atoms with Crippen LogP contribution in [0.4, 0.5) is 0 Å². The molecule has 1 rings (SSSR count). The summed E-state index contributed by atoms with van der Waals surface area (Å²) in [5.41, 5.74) is 0.604. The molecule has 0 saturated carbocycles. The molecule has 0 saturated heterocycles. The van der Waals surface area contributed by atoms with Gasteiger partial charge in [0.25, 0.3) is 5.91 Å². The maximum absolute atomic E-state index is 11.5. The van der Waals surface area contributed by atoms with Crippen molar-refractivity contribution >= 4 is 45.7 Å². The summed E-state index contributed by atoms with van der Waals surface area (Å²) < 4.78 is -0.0877. The summed E-state index contributed by atoms with van der Waals surface area (Å²) in [6, 6.07) is 8.96. The molecular weight excluding hydrogens is 309 g/mol. The number of alkyl halides is 1. The van der Waals surface area contributed by atoms with Crippen molar-refractivity contribution in [3.8, 4) is 0 Å². The lowest BCUT2D eigenvalue weighted by atomic mass is 10.2. The second-order valence-corrected chi connectivity index (χ2v) is 4.60. The Hall–Kier alpha value is -0.490. The molecule has 1 aromatic rings. The largest absolute Gasteiger partial charge is 0.315 e. The van der Waals surface area contributed by atoms with E-state index in [-0.39, 0.29) is 9.83 Å². The molecular formula is C10H9INOS. The van der Waals surface area contributed by atoms with E-state index in [2.05, 4.69) is 34.8 Å². The monoisotopic (exact) mass is 318 g/mol. The summed E-state index contributed by atoms with van der Waals surface area (Å²) in [5, 5.41) is 2.62. The molecule has 0 bridgehead atoms. The number of carbonyl (C=O) groups is 1. The molecule has 1 unspecified atom stereocenters. The summed E-state index contributed by atoms with van der Waals surface area (Å²) in [6.45, 7) is 3.72. The van der Waals surface area contributed by atoms with Crippen LogP contribution in [0.15, 0.2) is 30.3 Å². The smallest absolute Gasteiger partial charge is 0.256 e. The van der Waals surface area contributed by atoms with E-state index in [0.29, 0.717) is 10.6 Å². The van der Waals surface area contributed by atoms with Gasteiger partial charge in [-0.3, -0.25) is 4.79 Å². The van der Waals surface area contributed by atoms with Gasteiger partial charge < -0.3 is 5.32 Å². The lowest BCUT2D eigenvalue weighted by Gasteiger charge is -2.07. The van der Waals surface area contributed by atoms with Crippen LogP contribution in [0.5, 0.6) is 0 Å². The lowest BCUT2D eigenvalue weighted by Crippen LogP contribution is -2.33. The Balaban J connectivity index is 2.65. The van der Waals surface area contributed by atoms with Crippen molar-refractivity contribution in [2.75, 3.05) is 0 Å². The van der Waals surface area contributed by atoms with Gasteiger partial charge in [0, 0.05) is 5.56 Å². The van der Waals surface area contributed by atoms with Gasteiger partial charge >= 0.3 is 0 Å². The molecule has 1 amide bonds. The van der Waals surface area contributed by atoms with E-state index in [4.69, 9.17) is 12.2 Å². The standard InChI is InChI=1S/C10H9INOS/c1-7(11)10(14)12-9(13)8-5-3-2-4-6-8/h2-7H,1H2,(H,12,13,14). The molecule has 0 fully saturated rings. The van der Waals surface area contributed by atoms with Crippen LogP contribution in [0.1, 0.15) is 10.4 Å². The van der Waals surface area contributed by atoms with Gasteiger partial charge in [0.1, 0.15) is 0 Å². The number of halogens is 1. The number of benzene rings is 1. The predicted octanol–water partition coefficient (Wildman–Crippen LogP) is 2.38. The Bertz CT molecular complexity index is 337. The first-order valence-corrected chi connectivity index (χ1v) is 5.64. The molecule has 0 heterocycles. The number of thiocarbonyl (C=S) groups is 1. The summed E-state index contributed by atoms with van der Waals surface area (Å²) in [5.74, 6) is -0.180. The average Bonchev–Trinajstić information content (AvgIpc) is 2.19. The van der Waals surface area contributed by atoms with Crippen molar-refractivity contribution < 1.29 is 4.79 Å². The summed E-state index contributed by atoms with van der Waals surface area (Å²) in [4.78, 5) is 12.0. The number of hydrogen-bond donors (Lipinski definition) is 1. The third-order valence-corrected chi connectivity index (χ3v) is 2.99. The Labute approximate surface area is 102 Å². The van der Waals surface area contributed by atoms with E-state index in [1.165, 1.54) is 0 Å². The molecule has 2 nitrogen and oxygen atoms in total. The topological polar surface area (TPSA) is 29.1 Å². The van der Waals surface area contributed by atoms with E-state index >= 15 is 0 Å². The molecule has 4 heteroatoms. The van der Waals surface area contributed by atoms with Gasteiger partial charge in [0.2, 0.25) is 0 Å². The molecule has 0 aliphatic heterocycles. The third-order valence-electron chi connectivity index (χ3n) is 1.56. The summed E-state index contributed by atoms with van der Waals surface area (Å²) >= 11 is 7.01. The van der Waals surface area contributed by atoms with Crippen LogP contribution in [-0.4, -0.2) is 14.8 Å². The van der Waals surface area contributed by atoms with Gasteiger partial charge in [-0.1, -0.05) is 53.0 Å². The highest BCUT2D eigenvalue weighted by Gasteiger charge is 2.09. The lowest BCUT2D eigenvalue weighted by molar-refractivity contribution is 0.0977. The first-order chi connectivity index (χ1) is 6.61. The van der Waals surface area contributed by atoms with E-state index in [1.807, 2.05) is 18.2 Å². The molecule has 73 valence electrons. The van der Waals surface area contributed by atoms with E-state index in [1.54, 1.807) is 12.1 Å². The Kier molecular flexibility index (Phi) is 4.47. The number of hydrogen-bond acceptors (Lipinski definition) is 2. The highest BCUT2D eigenvalue weighted by Crippen LogP contribution is 2.02. The van der Waals surface area contributed by atoms with Gasteiger partial charge in [-0.05, 0) is 19.1 Å². The highest BCUT2D eigenvalue weighted by atomic mass is 127. The zero-order valence-electron chi connectivity index (χ0n) is 7.37. The van der Waals surface area contributed by atoms with Gasteiger partial charge in [0.15, 0.2) is 0 Å². The fraction of sp³-hybridized carbons (Fsp3) is 0.100. The van der Waals surface area contributed by atoms with Crippen molar-refractivity contribution in [3.63, 3.8) is 0 Å². The maximum Gasteiger partial charge on any atom is 0.256 e. The summed E-state index contributed by atoms with van der Waals surface area (Å²) in [6.07, 6.45) is 0. The van der Waals surface area contributed by atoms with Gasteiger partial charge in [-0.2, -0.15) is 0 Å². The Morgan fingerprint density at radius 1 is 1.43 bits per heavy atom. The molecule has 0 spiro atoms. The average molecular weight is 318 g/mol. The minimum Gasteiger partial charge on any atom is -0.315 e. The SMILES string of the molecule is [CH2]C(I)C(=S)NC(=O)c1ccccc1. The van der Waals surface area contributed by atoms with Crippen LogP contribution in [0.25, 0.3) is 0 Å². The van der Waals surface area contributed by atoms with Crippen LogP contribution in [0, 0.1) is 6.92 Å². The molecule has 0 aliphatic carbocycles. The van der Waals surface area contributed by atoms with Crippen molar-refractivity contribution in [2.24, 2.45) is 0 Å². The number of amides is 1. The van der Waals surface area contributed by atoms with Crippen LogP contribution in [0.3, 0.4) is 0 Å². The van der Waals surface area contributed by atoms with E-state index in [0.717, 1.165) is 0 Å².